The van der Waals surface area contributed by atoms with Crippen molar-refractivity contribution in [2.24, 2.45) is 0 Å². The van der Waals surface area contributed by atoms with E-state index >= 15 is 0 Å². The number of carboxylic acids is 2. The lowest BCUT2D eigenvalue weighted by atomic mass is 10.1. The van der Waals surface area contributed by atoms with Gasteiger partial charge in [0.25, 0.3) is 5.91 Å². The highest BCUT2D eigenvalue weighted by molar-refractivity contribution is 6.02. The Morgan fingerprint density at radius 1 is 1.00 bits per heavy atom. The summed E-state index contributed by atoms with van der Waals surface area (Å²) in [6.45, 7) is 0.808. The summed E-state index contributed by atoms with van der Waals surface area (Å²) in [5, 5.41) is 25.9. The zero-order valence-electron chi connectivity index (χ0n) is 20.9. The number of nitrogens with one attached hydrogen (secondary N) is 3. The van der Waals surface area contributed by atoms with Crippen molar-refractivity contribution >= 4 is 41.3 Å². The first-order valence-corrected chi connectivity index (χ1v) is 11.7. The van der Waals surface area contributed by atoms with Crippen molar-refractivity contribution < 1.29 is 38.9 Å². The molecule has 2 aromatic carbocycles. The van der Waals surface area contributed by atoms with E-state index in [1.54, 1.807) is 24.3 Å². The molecule has 1 atom stereocenters. The number of amides is 5. The van der Waals surface area contributed by atoms with Crippen LogP contribution in [0, 0.1) is 6.92 Å². The van der Waals surface area contributed by atoms with Crippen LogP contribution in [0.15, 0.2) is 42.5 Å². The number of carbonyl (C=O) groups excluding carboxylic acids is 3. The molecule has 1 aliphatic rings. The predicted octanol–water partition coefficient (Wildman–Crippen LogP) is 2.04. The number of likely N-dealkylation sites (tertiary alicyclic amines) is 1. The number of ether oxygens (including phenoxy) is 1. The molecule has 202 valence electrons. The van der Waals surface area contributed by atoms with Gasteiger partial charge in [-0.25, -0.2) is 9.59 Å². The number of aryl methyl sites for hydroxylation is 1. The molecule has 1 fully saturated rings. The zero-order chi connectivity index (χ0) is 27.8. The second-order valence-electron chi connectivity index (χ2n) is 8.64. The molecule has 38 heavy (non-hydrogen) atoms. The van der Waals surface area contributed by atoms with E-state index < -0.39 is 43.1 Å². The summed E-state index contributed by atoms with van der Waals surface area (Å²) in [7, 11) is 1.41. The average Bonchev–Trinajstić information content (AvgIpc) is 3.32. The number of rotatable bonds is 9. The molecule has 0 radical (unpaired) electrons. The second kappa shape index (κ2) is 12.4. The Kier molecular flexibility index (Phi) is 9.09. The second-order valence-corrected chi connectivity index (χ2v) is 8.64. The van der Waals surface area contributed by atoms with E-state index in [1.807, 2.05) is 19.1 Å². The SMILES string of the molecule is COc1cc(C(=O)N2CCC(NC(=O)N(CC(=O)O)CC(=O)O)C2)ccc1NC(=O)Nc1ccccc1C. The van der Waals surface area contributed by atoms with Gasteiger partial charge < -0.3 is 40.7 Å². The van der Waals surface area contributed by atoms with Crippen LogP contribution in [-0.4, -0.2) is 89.3 Å². The van der Waals surface area contributed by atoms with Crippen molar-refractivity contribution in [2.75, 3.05) is 43.9 Å². The van der Waals surface area contributed by atoms with Crippen LogP contribution in [0.5, 0.6) is 5.75 Å². The molecule has 1 heterocycles. The van der Waals surface area contributed by atoms with E-state index in [0.29, 0.717) is 34.8 Å². The van der Waals surface area contributed by atoms with Gasteiger partial charge in [-0.3, -0.25) is 14.4 Å². The Hall–Kier alpha value is -4.81. The summed E-state index contributed by atoms with van der Waals surface area (Å²) in [6, 6.07) is 10.1. The third-order valence-electron chi connectivity index (χ3n) is 5.83. The zero-order valence-corrected chi connectivity index (χ0v) is 20.9. The lowest BCUT2D eigenvalue weighted by Crippen LogP contribution is -2.49. The number of anilines is 2. The summed E-state index contributed by atoms with van der Waals surface area (Å²) in [6.07, 6.45) is 0.404. The molecular weight excluding hydrogens is 498 g/mol. The smallest absolute Gasteiger partial charge is 0.323 e. The quantitative estimate of drug-likeness (QED) is 0.329. The highest BCUT2D eigenvalue weighted by atomic mass is 16.5. The highest BCUT2D eigenvalue weighted by Gasteiger charge is 2.30. The summed E-state index contributed by atoms with van der Waals surface area (Å²) >= 11 is 0. The van der Waals surface area contributed by atoms with Crippen molar-refractivity contribution in [3.8, 4) is 5.75 Å². The fourth-order valence-electron chi connectivity index (χ4n) is 3.95. The van der Waals surface area contributed by atoms with Crippen molar-refractivity contribution in [1.29, 1.82) is 0 Å². The van der Waals surface area contributed by atoms with Crippen molar-refractivity contribution in [3.05, 3.63) is 53.6 Å². The number of hydrogen-bond donors (Lipinski definition) is 5. The van der Waals surface area contributed by atoms with Gasteiger partial charge in [-0.15, -0.1) is 0 Å². The van der Waals surface area contributed by atoms with Gasteiger partial charge in [0.15, 0.2) is 0 Å². The van der Waals surface area contributed by atoms with Gasteiger partial charge in [-0.2, -0.15) is 0 Å². The largest absolute Gasteiger partial charge is 0.495 e. The van der Waals surface area contributed by atoms with E-state index in [-0.39, 0.29) is 18.2 Å². The molecule has 0 spiro atoms. The van der Waals surface area contributed by atoms with Crippen LogP contribution in [-0.2, 0) is 9.59 Å². The standard InChI is InChI=1S/C25H29N5O8/c1-15-5-3-4-6-18(15)27-24(36)28-19-8-7-16(11-20(19)38-2)23(35)29-10-9-17(12-29)26-25(37)30(13-21(31)32)14-22(33)34/h3-8,11,17H,9-10,12-14H2,1-2H3,(H,26,37)(H,31,32)(H,33,34)(H2,27,28,36). The number of carboxylic acid groups (broad SMARTS) is 2. The van der Waals surface area contributed by atoms with Crippen LogP contribution >= 0.6 is 0 Å². The molecule has 5 amide bonds. The topological polar surface area (TPSA) is 178 Å². The van der Waals surface area contributed by atoms with Crippen LogP contribution < -0.4 is 20.7 Å². The van der Waals surface area contributed by atoms with E-state index in [0.717, 1.165) is 5.56 Å². The first kappa shape index (κ1) is 27.8. The minimum Gasteiger partial charge on any atom is -0.495 e. The summed E-state index contributed by atoms with van der Waals surface area (Å²) in [5.41, 5.74) is 2.21. The van der Waals surface area contributed by atoms with E-state index in [1.165, 1.54) is 18.1 Å². The molecule has 0 bridgehead atoms. The first-order chi connectivity index (χ1) is 18.1. The molecule has 13 nitrogen and oxygen atoms in total. The molecule has 0 aromatic heterocycles. The molecule has 3 rings (SSSR count). The van der Waals surface area contributed by atoms with Gasteiger partial charge in [0.05, 0.1) is 12.8 Å². The Morgan fingerprint density at radius 2 is 1.66 bits per heavy atom. The van der Waals surface area contributed by atoms with Crippen LogP contribution in [0.1, 0.15) is 22.3 Å². The van der Waals surface area contributed by atoms with Gasteiger partial charge in [-0.05, 0) is 43.2 Å². The van der Waals surface area contributed by atoms with Crippen LogP contribution in [0.3, 0.4) is 0 Å². The summed E-state index contributed by atoms with van der Waals surface area (Å²) in [4.78, 5) is 62.0. The number of para-hydroxylation sites is 1. The van der Waals surface area contributed by atoms with E-state index in [2.05, 4.69) is 16.0 Å². The molecule has 1 saturated heterocycles. The molecular formula is C25H29N5O8. The maximum atomic E-state index is 13.1. The normalized spacial score (nSPS) is 14.4. The number of benzene rings is 2. The maximum Gasteiger partial charge on any atom is 0.323 e. The summed E-state index contributed by atoms with van der Waals surface area (Å²) in [5.74, 6) is -2.74. The Labute approximate surface area is 218 Å². The lowest BCUT2D eigenvalue weighted by Gasteiger charge is -2.22. The minimum absolute atomic E-state index is 0.152. The Bertz CT molecular complexity index is 1220. The van der Waals surface area contributed by atoms with Crippen LogP contribution in [0.2, 0.25) is 0 Å². The molecule has 5 N–H and O–H groups in total. The third-order valence-corrected chi connectivity index (χ3v) is 5.83. The first-order valence-electron chi connectivity index (χ1n) is 11.7. The molecule has 0 aliphatic carbocycles. The van der Waals surface area contributed by atoms with Crippen LogP contribution in [0.25, 0.3) is 0 Å². The van der Waals surface area contributed by atoms with Gasteiger partial charge in [0.1, 0.15) is 18.8 Å². The van der Waals surface area contributed by atoms with Crippen molar-refractivity contribution in [2.45, 2.75) is 19.4 Å². The number of hydrogen-bond acceptors (Lipinski definition) is 6. The number of carbonyl (C=O) groups is 5. The molecule has 1 unspecified atom stereocenters. The summed E-state index contributed by atoms with van der Waals surface area (Å²) < 4.78 is 5.37. The molecule has 1 aliphatic heterocycles. The molecule has 2 aromatic rings. The Balaban J connectivity index is 1.61. The lowest BCUT2D eigenvalue weighted by molar-refractivity contribution is -0.140. The van der Waals surface area contributed by atoms with Crippen molar-refractivity contribution in [3.63, 3.8) is 0 Å². The number of nitrogens with zero attached hydrogens (tertiary/aromatic N) is 2. The highest BCUT2D eigenvalue weighted by Crippen LogP contribution is 2.27. The van der Waals surface area contributed by atoms with Crippen LogP contribution in [0.4, 0.5) is 21.0 Å². The minimum atomic E-state index is -1.34. The number of methoxy groups -OCH3 is 1. The van der Waals surface area contributed by atoms with Gasteiger partial charge in [0.2, 0.25) is 0 Å². The van der Waals surface area contributed by atoms with E-state index in [9.17, 15) is 24.0 Å². The molecule has 0 saturated carbocycles. The van der Waals surface area contributed by atoms with Gasteiger partial charge >= 0.3 is 24.0 Å². The Morgan fingerprint density at radius 3 is 2.29 bits per heavy atom. The number of aliphatic carboxylic acids is 2. The van der Waals surface area contributed by atoms with Gasteiger partial charge in [0, 0.05) is 30.4 Å². The monoisotopic (exact) mass is 527 g/mol. The number of urea groups is 2. The fraction of sp³-hybridized carbons (Fsp3) is 0.320. The maximum absolute atomic E-state index is 13.1. The van der Waals surface area contributed by atoms with Crippen molar-refractivity contribution in [1.82, 2.24) is 15.1 Å². The molecule has 13 heteroatoms. The predicted molar refractivity (Wildman–Crippen MR) is 136 cm³/mol. The fourth-order valence-corrected chi connectivity index (χ4v) is 3.95. The van der Waals surface area contributed by atoms with E-state index in [4.69, 9.17) is 14.9 Å². The third kappa shape index (κ3) is 7.35. The van der Waals surface area contributed by atoms with Gasteiger partial charge in [-0.1, -0.05) is 18.2 Å². The average molecular weight is 528 g/mol.